The fourth-order valence-corrected chi connectivity index (χ4v) is 2.31. The van der Waals surface area contributed by atoms with E-state index in [1.54, 1.807) is 6.20 Å². The van der Waals surface area contributed by atoms with Gasteiger partial charge in [-0.2, -0.15) is 0 Å². The Labute approximate surface area is 119 Å². The van der Waals surface area contributed by atoms with Gasteiger partial charge in [0.15, 0.2) is 5.13 Å². The third kappa shape index (κ3) is 2.77. The summed E-state index contributed by atoms with van der Waals surface area (Å²) in [6, 6.07) is 5.59. The number of pyridine rings is 1. The predicted molar refractivity (Wildman–Crippen MR) is 74.0 cm³/mol. The maximum absolute atomic E-state index is 11.9. The highest BCUT2D eigenvalue weighted by atomic mass is 32.1. The number of hydrogen-bond acceptors (Lipinski definition) is 6. The second-order valence-electron chi connectivity index (χ2n) is 3.91. The van der Waals surface area contributed by atoms with Gasteiger partial charge in [0.1, 0.15) is 25.2 Å². The SMILES string of the molecule is O=C(Nc1nc(-c2ccccn2)cs1)C1=COCCO1. The number of hydrogen-bond donors (Lipinski definition) is 1. The van der Waals surface area contributed by atoms with Gasteiger partial charge in [0.25, 0.3) is 5.91 Å². The molecule has 0 saturated carbocycles. The molecular weight excluding hydrogens is 278 g/mol. The van der Waals surface area contributed by atoms with Crippen LogP contribution in [0.4, 0.5) is 5.13 Å². The van der Waals surface area contributed by atoms with Crippen molar-refractivity contribution in [2.24, 2.45) is 0 Å². The number of carbonyl (C=O) groups excluding carboxylic acids is 1. The Morgan fingerprint density at radius 2 is 2.25 bits per heavy atom. The van der Waals surface area contributed by atoms with Crippen molar-refractivity contribution in [3.8, 4) is 11.4 Å². The molecule has 1 N–H and O–H groups in total. The first-order valence-electron chi connectivity index (χ1n) is 5.96. The highest BCUT2D eigenvalue weighted by Gasteiger charge is 2.16. The van der Waals surface area contributed by atoms with Crippen LogP contribution >= 0.6 is 11.3 Å². The second kappa shape index (κ2) is 5.70. The van der Waals surface area contributed by atoms with Crippen molar-refractivity contribution in [3.05, 3.63) is 41.8 Å². The van der Waals surface area contributed by atoms with E-state index in [0.717, 1.165) is 11.4 Å². The molecule has 0 radical (unpaired) electrons. The number of carbonyl (C=O) groups is 1. The molecule has 0 unspecified atom stereocenters. The Balaban J connectivity index is 1.71. The third-order valence-corrected chi connectivity index (χ3v) is 3.28. The fourth-order valence-electron chi connectivity index (χ4n) is 1.61. The molecule has 0 spiro atoms. The van der Waals surface area contributed by atoms with Crippen LogP contribution in [0.3, 0.4) is 0 Å². The van der Waals surface area contributed by atoms with Gasteiger partial charge in [-0.15, -0.1) is 11.3 Å². The molecule has 0 aromatic carbocycles. The van der Waals surface area contributed by atoms with Gasteiger partial charge in [0.2, 0.25) is 5.76 Å². The summed E-state index contributed by atoms with van der Waals surface area (Å²) in [7, 11) is 0. The van der Waals surface area contributed by atoms with E-state index in [4.69, 9.17) is 9.47 Å². The predicted octanol–water partition coefficient (Wildman–Crippen LogP) is 2.03. The number of nitrogens with one attached hydrogen (secondary N) is 1. The van der Waals surface area contributed by atoms with Crippen LogP contribution < -0.4 is 5.32 Å². The molecule has 1 aliphatic heterocycles. The van der Waals surface area contributed by atoms with E-state index in [2.05, 4.69) is 15.3 Å². The number of aromatic nitrogens is 2. The van der Waals surface area contributed by atoms with Crippen LogP contribution in [0.15, 0.2) is 41.8 Å². The van der Waals surface area contributed by atoms with Gasteiger partial charge in [-0.1, -0.05) is 6.07 Å². The summed E-state index contributed by atoms with van der Waals surface area (Å²) in [5, 5.41) is 5.00. The average Bonchev–Trinajstić information content (AvgIpc) is 2.97. The molecule has 2 aromatic rings. The van der Waals surface area contributed by atoms with E-state index in [1.165, 1.54) is 17.6 Å². The number of thiazole rings is 1. The van der Waals surface area contributed by atoms with Gasteiger partial charge in [-0.05, 0) is 12.1 Å². The normalized spacial score (nSPS) is 13.9. The zero-order chi connectivity index (χ0) is 13.8. The zero-order valence-corrected chi connectivity index (χ0v) is 11.2. The molecular formula is C13H11N3O3S. The molecule has 3 heterocycles. The molecule has 7 heteroatoms. The topological polar surface area (TPSA) is 73.3 Å². The minimum absolute atomic E-state index is 0.158. The summed E-state index contributed by atoms with van der Waals surface area (Å²) in [5.41, 5.74) is 1.49. The lowest BCUT2D eigenvalue weighted by Crippen LogP contribution is -2.21. The number of ether oxygens (including phenoxy) is 2. The highest BCUT2D eigenvalue weighted by Crippen LogP contribution is 2.23. The lowest BCUT2D eigenvalue weighted by Gasteiger charge is -2.14. The Bertz CT molecular complexity index is 639. The van der Waals surface area contributed by atoms with Crippen molar-refractivity contribution in [3.63, 3.8) is 0 Å². The first kappa shape index (κ1) is 12.6. The zero-order valence-electron chi connectivity index (χ0n) is 10.4. The molecule has 1 amide bonds. The van der Waals surface area contributed by atoms with Crippen LogP contribution in [0, 0.1) is 0 Å². The van der Waals surface area contributed by atoms with Gasteiger partial charge >= 0.3 is 0 Å². The molecule has 102 valence electrons. The van der Waals surface area contributed by atoms with Crippen molar-refractivity contribution in [2.75, 3.05) is 18.5 Å². The van der Waals surface area contributed by atoms with Crippen LogP contribution in [0.1, 0.15) is 0 Å². The van der Waals surface area contributed by atoms with E-state index < -0.39 is 0 Å². The van der Waals surface area contributed by atoms with E-state index in [1.807, 2.05) is 23.6 Å². The maximum Gasteiger partial charge on any atom is 0.295 e. The first-order chi connectivity index (χ1) is 9.83. The van der Waals surface area contributed by atoms with Crippen LogP contribution in [0.5, 0.6) is 0 Å². The number of nitrogens with zero attached hydrogens (tertiary/aromatic N) is 2. The summed E-state index contributed by atoms with van der Waals surface area (Å²) in [4.78, 5) is 20.4. The van der Waals surface area contributed by atoms with E-state index >= 15 is 0 Å². The van der Waals surface area contributed by atoms with Crippen LogP contribution in [0.2, 0.25) is 0 Å². The quantitative estimate of drug-likeness (QED) is 0.936. The largest absolute Gasteiger partial charge is 0.494 e. The van der Waals surface area contributed by atoms with Crippen LogP contribution in [-0.2, 0) is 14.3 Å². The standard InChI is InChI=1S/C13H11N3O3S/c17-12(11-7-18-5-6-19-11)16-13-15-10(8-20-13)9-3-1-2-4-14-9/h1-4,7-8H,5-6H2,(H,15,16,17). The molecule has 6 nitrogen and oxygen atoms in total. The van der Waals surface area contributed by atoms with Gasteiger partial charge in [0.05, 0.1) is 5.69 Å². The minimum atomic E-state index is -0.369. The van der Waals surface area contributed by atoms with Gasteiger partial charge < -0.3 is 9.47 Å². The summed E-state index contributed by atoms with van der Waals surface area (Å²) >= 11 is 1.33. The fraction of sp³-hybridized carbons (Fsp3) is 0.154. The molecule has 0 bridgehead atoms. The van der Waals surface area contributed by atoms with Crippen molar-refractivity contribution < 1.29 is 14.3 Å². The van der Waals surface area contributed by atoms with E-state index in [9.17, 15) is 4.79 Å². The second-order valence-corrected chi connectivity index (χ2v) is 4.77. The molecule has 0 saturated heterocycles. The van der Waals surface area contributed by atoms with Gasteiger partial charge in [0, 0.05) is 11.6 Å². The Kier molecular flexibility index (Phi) is 3.60. The lowest BCUT2D eigenvalue weighted by atomic mass is 10.3. The Hall–Kier alpha value is -2.41. The van der Waals surface area contributed by atoms with Crippen molar-refractivity contribution >= 4 is 22.4 Å². The molecule has 0 atom stereocenters. The van der Waals surface area contributed by atoms with Crippen LogP contribution in [-0.4, -0.2) is 29.1 Å². The third-order valence-electron chi connectivity index (χ3n) is 2.52. The average molecular weight is 289 g/mol. The van der Waals surface area contributed by atoms with Crippen molar-refractivity contribution in [2.45, 2.75) is 0 Å². The molecule has 0 fully saturated rings. The summed E-state index contributed by atoms with van der Waals surface area (Å²) in [5.74, 6) is -0.211. The monoisotopic (exact) mass is 289 g/mol. The van der Waals surface area contributed by atoms with Gasteiger partial charge in [-0.25, -0.2) is 4.98 Å². The molecule has 0 aliphatic carbocycles. The highest BCUT2D eigenvalue weighted by molar-refractivity contribution is 7.14. The minimum Gasteiger partial charge on any atom is -0.494 e. The molecule has 3 rings (SSSR count). The lowest BCUT2D eigenvalue weighted by molar-refractivity contribution is -0.117. The first-order valence-corrected chi connectivity index (χ1v) is 6.84. The van der Waals surface area contributed by atoms with E-state index in [-0.39, 0.29) is 11.7 Å². The summed E-state index contributed by atoms with van der Waals surface area (Å²) < 4.78 is 10.2. The van der Waals surface area contributed by atoms with Gasteiger partial charge in [-0.3, -0.25) is 15.1 Å². The number of rotatable bonds is 3. The molecule has 1 aliphatic rings. The number of anilines is 1. The van der Waals surface area contributed by atoms with E-state index in [0.29, 0.717) is 18.3 Å². The van der Waals surface area contributed by atoms with Crippen molar-refractivity contribution in [1.82, 2.24) is 9.97 Å². The Morgan fingerprint density at radius 1 is 1.30 bits per heavy atom. The smallest absolute Gasteiger partial charge is 0.295 e. The summed E-state index contributed by atoms with van der Waals surface area (Å²) in [6.07, 6.45) is 3.01. The summed E-state index contributed by atoms with van der Waals surface area (Å²) in [6.45, 7) is 0.828. The Morgan fingerprint density at radius 3 is 3.00 bits per heavy atom. The molecule has 2 aromatic heterocycles. The van der Waals surface area contributed by atoms with Crippen LogP contribution in [0.25, 0.3) is 11.4 Å². The van der Waals surface area contributed by atoms with Crippen molar-refractivity contribution in [1.29, 1.82) is 0 Å². The molecule has 20 heavy (non-hydrogen) atoms. The number of amides is 1. The maximum atomic E-state index is 11.9.